The van der Waals surface area contributed by atoms with Crippen molar-refractivity contribution in [2.24, 2.45) is 4.99 Å². The number of hydrogen-bond acceptors (Lipinski definition) is 3. The molecule has 0 N–H and O–H groups in total. The SMILES string of the molecule is c1ccc(C2=NCCN2c2cccnc2)cc1. The summed E-state index contributed by atoms with van der Waals surface area (Å²) in [6, 6.07) is 14.3. The molecule has 3 nitrogen and oxygen atoms in total. The summed E-state index contributed by atoms with van der Waals surface area (Å²) in [4.78, 5) is 10.9. The van der Waals surface area contributed by atoms with Gasteiger partial charge in [-0.25, -0.2) is 0 Å². The van der Waals surface area contributed by atoms with Crippen LogP contribution >= 0.6 is 0 Å². The molecule has 2 aromatic rings. The number of aromatic nitrogens is 1. The number of pyridine rings is 1. The van der Waals surface area contributed by atoms with Gasteiger partial charge < -0.3 is 4.90 Å². The van der Waals surface area contributed by atoms with Crippen LogP contribution in [0.25, 0.3) is 0 Å². The van der Waals surface area contributed by atoms with Gasteiger partial charge in [-0.2, -0.15) is 0 Å². The Balaban J connectivity index is 1.96. The van der Waals surface area contributed by atoms with E-state index in [1.54, 1.807) is 6.20 Å². The number of rotatable bonds is 2. The van der Waals surface area contributed by atoms with Gasteiger partial charge in [-0.15, -0.1) is 0 Å². The number of benzene rings is 1. The lowest BCUT2D eigenvalue weighted by Gasteiger charge is -2.19. The number of aliphatic imine (C=N–C) groups is 1. The molecule has 0 bridgehead atoms. The topological polar surface area (TPSA) is 28.5 Å². The van der Waals surface area contributed by atoms with Gasteiger partial charge in [0.1, 0.15) is 5.84 Å². The van der Waals surface area contributed by atoms with E-state index in [1.807, 2.05) is 30.5 Å². The van der Waals surface area contributed by atoms with Gasteiger partial charge in [0.2, 0.25) is 0 Å². The lowest BCUT2D eigenvalue weighted by atomic mass is 10.2. The Labute approximate surface area is 100 Å². The number of hydrogen-bond donors (Lipinski definition) is 0. The maximum Gasteiger partial charge on any atom is 0.135 e. The van der Waals surface area contributed by atoms with Gasteiger partial charge in [0.25, 0.3) is 0 Å². The molecule has 0 fully saturated rings. The van der Waals surface area contributed by atoms with Crippen molar-refractivity contribution < 1.29 is 0 Å². The van der Waals surface area contributed by atoms with Crippen LogP contribution in [0.4, 0.5) is 5.69 Å². The van der Waals surface area contributed by atoms with E-state index in [-0.39, 0.29) is 0 Å². The van der Waals surface area contributed by atoms with Crippen molar-refractivity contribution in [2.75, 3.05) is 18.0 Å². The standard InChI is InChI=1S/C14H13N3/c1-2-5-12(6-3-1)14-16-9-10-17(14)13-7-4-8-15-11-13/h1-8,11H,9-10H2. The first-order valence-electron chi connectivity index (χ1n) is 5.72. The Morgan fingerprint density at radius 2 is 1.88 bits per heavy atom. The van der Waals surface area contributed by atoms with E-state index in [9.17, 15) is 0 Å². The Kier molecular flexibility index (Phi) is 2.58. The van der Waals surface area contributed by atoms with Crippen LogP contribution in [0.5, 0.6) is 0 Å². The second-order valence-electron chi connectivity index (χ2n) is 3.93. The predicted molar refractivity (Wildman–Crippen MR) is 69.4 cm³/mol. The molecule has 84 valence electrons. The largest absolute Gasteiger partial charge is 0.323 e. The lowest BCUT2D eigenvalue weighted by molar-refractivity contribution is 1.02. The van der Waals surface area contributed by atoms with Crippen LogP contribution in [0.1, 0.15) is 5.56 Å². The van der Waals surface area contributed by atoms with Gasteiger partial charge in [0, 0.05) is 18.3 Å². The van der Waals surface area contributed by atoms with Crippen molar-refractivity contribution in [3.8, 4) is 0 Å². The minimum Gasteiger partial charge on any atom is -0.323 e. The third kappa shape index (κ3) is 1.91. The van der Waals surface area contributed by atoms with E-state index in [0.29, 0.717) is 0 Å². The smallest absolute Gasteiger partial charge is 0.135 e. The third-order valence-corrected chi connectivity index (χ3v) is 2.83. The van der Waals surface area contributed by atoms with Crippen LogP contribution in [0.3, 0.4) is 0 Å². The summed E-state index contributed by atoms with van der Waals surface area (Å²) in [5.74, 6) is 1.04. The fraction of sp³-hybridized carbons (Fsp3) is 0.143. The summed E-state index contributed by atoms with van der Waals surface area (Å²) in [5.41, 5.74) is 2.27. The molecule has 0 radical (unpaired) electrons. The van der Waals surface area contributed by atoms with Gasteiger partial charge in [-0.3, -0.25) is 9.98 Å². The highest BCUT2D eigenvalue weighted by atomic mass is 15.2. The van der Waals surface area contributed by atoms with Gasteiger partial charge in [0.05, 0.1) is 18.4 Å². The first kappa shape index (κ1) is 10.0. The highest BCUT2D eigenvalue weighted by molar-refractivity contribution is 6.10. The summed E-state index contributed by atoms with van der Waals surface area (Å²) in [6.45, 7) is 1.77. The number of amidine groups is 1. The monoisotopic (exact) mass is 223 g/mol. The van der Waals surface area contributed by atoms with Crippen LogP contribution in [-0.4, -0.2) is 23.9 Å². The summed E-state index contributed by atoms with van der Waals surface area (Å²) in [5, 5.41) is 0. The molecule has 0 amide bonds. The summed E-state index contributed by atoms with van der Waals surface area (Å²) >= 11 is 0. The normalized spacial score (nSPS) is 14.8. The van der Waals surface area contributed by atoms with Gasteiger partial charge in [0.15, 0.2) is 0 Å². The first-order chi connectivity index (χ1) is 8.45. The zero-order chi connectivity index (χ0) is 11.5. The van der Waals surface area contributed by atoms with Crippen molar-refractivity contribution in [1.82, 2.24) is 4.98 Å². The maximum absolute atomic E-state index is 4.58. The average Bonchev–Trinajstić information content (AvgIpc) is 2.90. The molecule has 0 saturated carbocycles. The van der Waals surface area contributed by atoms with E-state index in [0.717, 1.165) is 30.2 Å². The molecule has 0 atom stereocenters. The molecule has 1 aliphatic heterocycles. The molecule has 0 aliphatic carbocycles. The van der Waals surface area contributed by atoms with Crippen LogP contribution in [-0.2, 0) is 0 Å². The zero-order valence-electron chi connectivity index (χ0n) is 9.45. The van der Waals surface area contributed by atoms with Crippen molar-refractivity contribution in [1.29, 1.82) is 0 Å². The molecule has 3 rings (SSSR count). The molecule has 17 heavy (non-hydrogen) atoms. The van der Waals surface area contributed by atoms with Gasteiger partial charge >= 0.3 is 0 Å². The lowest BCUT2D eigenvalue weighted by Crippen LogP contribution is -2.28. The van der Waals surface area contributed by atoms with Crippen LogP contribution in [0.2, 0.25) is 0 Å². The van der Waals surface area contributed by atoms with Crippen molar-refractivity contribution >= 4 is 11.5 Å². The second-order valence-corrected chi connectivity index (χ2v) is 3.93. The van der Waals surface area contributed by atoms with E-state index in [1.165, 1.54) is 0 Å². The fourth-order valence-electron chi connectivity index (χ4n) is 2.05. The maximum atomic E-state index is 4.58. The van der Waals surface area contributed by atoms with Crippen LogP contribution in [0, 0.1) is 0 Å². The Morgan fingerprint density at radius 3 is 2.65 bits per heavy atom. The van der Waals surface area contributed by atoms with Gasteiger partial charge in [-0.1, -0.05) is 30.3 Å². The zero-order valence-corrected chi connectivity index (χ0v) is 9.45. The molecule has 0 unspecified atom stereocenters. The van der Waals surface area contributed by atoms with Crippen LogP contribution in [0.15, 0.2) is 59.9 Å². The molecule has 3 heteroatoms. The molecule has 1 aromatic heterocycles. The van der Waals surface area contributed by atoms with Crippen molar-refractivity contribution in [2.45, 2.75) is 0 Å². The molecule has 0 saturated heterocycles. The molecule has 1 aromatic carbocycles. The van der Waals surface area contributed by atoms with Gasteiger partial charge in [-0.05, 0) is 12.1 Å². The van der Waals surface area contributed by atoms with E-state index < -0.39 is 0 Å². The van der Waals surface area contributed by atoms with Crippen molar-refractivity contribution in [3.05, 3.63) is 60.4 Å². The van der Waals surface area contributed by atoms with Crippen LogP contribution < -0.4 is 4.90 Å². The fourth-order valence-corrected chi connectivity index (χ4v) is 2.05. The molecular formula is C14H13N3. The van der Waals surface area contributed by atoms with E-state index in [4.69, 9.17) is 0 Å². The van der Waals surface area contributed by atoms with Crippen molar-refractivity contribution in [3.63, 3.8) is 0 Å². The predicted octanol–water partition coefficient (Wildman–Crippen LogP) is 2.35. The molecule has 2 heterocycles. The highest BCUT2D eigenvalue weighted by Gasteiger charge is 2.19. The van der Waals surface area contributed by atoms with E-state index >= 15 is 0 Å². The number of nitrogens with zero attached hydrogens (tertiary/aromatic N) is 3. The average molecular weight is 223 g/mol. The molecule has 0 spiro atoms. The Morgan fingerprint density at radius 1 is 1.00 bits per heavy atom. The Bertz CT molecular complexity index is 520. The Hall–Kier alpha value is -2.16. The molecule has 1 aliphatic rings. The summed E-state index contributed by atoms with van der Waals surface area (Å²) < 4.78 is 0. The van der Waals surface area contributed by atoms with E-state index in [2.05, 4.69) is 33.1 Å². The summed E-state index contributed by atoms with van der Waals surface area (Å²) in [7, 11) is 0. The quantitative estimate of drug-likeness (QED) is 0.781. The highest BCUT2D eigenvalue weighted by Crippen LogP contribution is 2.19. The summed E-state index contributed by atoms with van der Waals surface area (Å²) in [6.07, 6.45) is 3.67. The number of anilines is 1. The minimum absolute atomic E-state index is 0.846. The second kappa shape index (κ2) is 4.37. The molecular weight excluding hydrogens is 210 g/mol. The third-order valence-electron chi connectivity index (χ3n) is 2.83. The first-order valence-corrected chi connectivity index (χ1v) is 5.72. The minimum atomic E-state index is 0.846.